The number of imide groups is 1. The molecule has 1 fully saturated rings. The summed E-state index contributed by atoms with van der Waals surface area (Å²) in [6.45, 7) is 1.70. The second-order valence-corrected chi connectivity index (χ2v) is 2.92. The Morgan fingerprint density at radius 2 is 2.08 bits per heavy atom. The van der Waals surface area contributed by atoms with Crippen molar-refractivity contribution in [1.82, 2.24) is 4.90 Å². The van der Waals surface area contributed by atoms with E-state index in [4.69, 9.17) is 10.00 Å². The second kappa shape index (κ2) is 4.01. The van der Waals surface area contributed by atoms with E-state index >= 15 is 0 Å². The van der Waals surface area contributed by atoms with E-state index in [-0.39, 0.29) is 37.5 Å². The van der Waals surface area contributed by atoms with E-state index in [2.05, 4.69) is 0 Å². The highest BCUT2D eigenvalue weighted by molar-refractivity contribution is 5.98. The molecule has 0 spiro atoms. The van der Waals surface area contributed by atoms with Crippen LogP contribution >= 0.6 is 0 Å². The number of carbonyl (C=O) groups excluding carboxylic acids is 2. The van der Waals surface area contributed by atoms with Crippen LogP contribution in [0.3, 0.4) is 0 Å². The van der Waals surface area contributed by atoms with E-state index in [1.807, 2.05) is 6.07 Å². The molecule has 0 aromatic rings. The van der Waals surface area contributed by atoms with Crippen molar-refractivity contribution in [3.63, 3.8) is 0 Å². The fourth-order valence-electron chi connectivity index (χ4n) is 1.04. The highest BCUT2D eigenvalue weighted by Crippen LogP contribution is 2.04. The van der Waals surface area contributed by atoms with Gasteiger partial charge in [0.25, 0.3) is 11.8 Å². The van der Waals surface area contributed by atoms with E-state index in [1.54, 1.807) is 6.92 Å². The monoisotopic (exact) mass is 182 g/mol. The summed E-state index contributed by atoms with van der Waals surface area (Å²) in [6.07, 6.45) is 0. The quantitative estimate of drug-likeness (QED) is 0.541. The van der Waals surface area contributed by atoms with Crippen molar-refractivity contribution in [2.75, 3.05) is 19.8 Å². The molecule has 0 aromatic heterocycles. The molecule has 5 nitrogen and oxygen atoms in total. The number of ether oxygens (including phenoxy) is 1. The Bertz CT molecular complexity index is 253. The van der Waals surface area contributed by atoms with Gasteiger partial charge < -0.3 is 4.74 Å². The maximum Gasteiger partial charge on any atom is 0.255 e. The SMILES string of the molecule is CC(C#N)CN1C(=O)COCC1=O. The maximum absolute atomic E-state index is 11.1. The molecule has 1 rings (SSSR count). The summed E-state index contributed by atoms with van der Waals surface area (Å²) >= 11 is 0. The van der Waals surface area contributed by atoms with Gasteiger partial charge in [0.15, 0.2) is 0 Å². The molecular weight excluding hydrogens is 172 g/mol. The predicted octanol–water partition coefficient (Wildman–Crippen LogP) is -0.469. The Morgan fingerprint density at radius 3 is 2.54 bits per heavy atom. The van der Waals surface area contributed by atoms with Crippen molar-refractivity contribution in [2.24, 2.45) is 5.92 Å². The van der Waals surface area contributed by atoms with Crippen molar-refractivity contribution in [2.45, 2.75) is 6.92 Å². The summed E-state index contributed by atoms with van der Waals surface area (Å²) in [5.41, 5.74) is 0. The standard InChI is InChI=1S/C8H10N2O3/c1-6(2-9)3-10-7(11)4-13-5-8(10)12/h6H,3-5H2,1H3. The fourth-order valence-corrected chi connectivity index (χ4v) is 1.04. The van der Waals surface area contributed by atoms with Gasteiger partial charge in [-0.2, -0.15) is 5.26 Å². The lowest BCUT2D eigenvalue weighted by Gasteiger charge is -2.25. The molecule has 5 heteroatoms. The Morgan fingerprint density at radius 1 is 1.54 bits per heavy atom. The third kappa shape index (κ3) is 2.26. The molecule has 1 aliphatic heterocycles. The maximum atomic E-state index is 11.1. The van der Waals surface area contributed by atoms with E-state index in [1.165, 1.54) is 0 Å². The minimum absolute atomic E-state index is 0.0656. The highest BCUT2D eigenvalue weighted by Gasteiger charge is 2.27. The smallest absolute Gasteiger partial charge is 0.255 e. The first-order valence-corrected chi connectivity index (χ1v) is 3.95. The zero-order valence-corrected chi connectivity index (χ0v) is 7.32. The molecule has 1 saturated heterocycles. The zero-order valence-electron chi connectivity index (χ0n) is 7.32. The van der Waals surface area contributed by atoms with Crippen LogP contribution in [0.1, 0.15) is 6.92 Å². The van der Waals surface area contributed by atoms with Crippen molar-refractivity contribution in [1.29, 1.82) is 5.26 Å². The lowest BCUT2D eigenvalue weighted by Crippen LogP contribution is -2.47. The minimum Gasteiger partial charge on any atom is -0.362 e. The normalized spacial score (nSPS) is 19.8. The van der Waals surface area contributed by atoms with Gasteiger partial charge in [0.2, 0.25) is 0 Å². The first kappa shape index (κ1) is 9.68. The number of hydrogen-bond acceptors (Lipinski definition) is 4. The Kier molecular flexibility index (Phi) is 2.98. The summed E-state index contributed by atoms with van der Waals surface area (Å²) in [6, 6.07) is 1.97. The van der Waals surface area contributed by atoms with Crippen LogP contribution in [0.2, 0.25) is 0 Å². The molecule has 1 atom stereocenters. The largest absolute Gasteiger partial charge is 0.362 e. The van der Waals surface area contributed by atoms with Crippen molar-refractivity contribution in [3.8, 4) is 6.07 Å². The van der Waals surface area contributed by atoms with Gasteiger partial charge in [0, 0.05) is 6.54 Å². The van der Waals surface area contributed by atoms with Crippen LogP contribution in [0.5, 0.6) is 0 Å². The lowest BCUT2D eigenvalue weighted by atomic mass is 10.2. The van der Waals surface area contributed by atoms with Crippen LogP contribution in [0.15, 0.2) is 0 Å². The molecule has 0 radical (unpaired) electrons. The molecule has 0 saturated carbocycles. The van der Waals surface area contributed by atoms with E-state index in [0.29, 0.717) is 0 Å². The molecule has 70 valence electrons. The number of morpholine rings is 1. The first-order chi connectivity index (χ1) is 6.15. The Labute approximate surface area is 75.9 Å². The number of amides is 2. The summed E-state index contributed by atoms with van der Waals surface area (Å²) in [4.78, 5) is 23.3. The fraction of sp³-hybridized carbons (Fsp3) is 0.625. The molecule has 1 heterocycles. The van der Waals surface area contributed by atoms with Gasteiger partial charge in [-0.25, -0.2) is 0 Å². The third-order valence-corrected chi connectivity index (χ3v) is 1.73. The average molecular weight is 182 g/mol. The number of hydrogen-bond donors (Lipinski definition) is 0. The van der Waals surface area contributed by atoms with Crippen LogP contribution in [0.25, 0.3) is 0 Å². The summed E-state index contributed by atoms with van der Waals surface area (Å²) in [5, 5.41) is 8.51. The van der Waals surface area contributed by atoms with Gasteiger partial charge in [0.1, 0.15) is 13.2 Å². The Balaban J connectivity index is 2.60. The van der Waals surface area contributed by atoms with Crippen molar-refractivity contribution >= 4 is 11.8 Å². The molecule has 1 aliphatic rings. The highest BCUT2D eigenvalue weighted by atomic mass is 16.5. The van der Waals surface area contributed by atoms with Gasteiger partial charge in [-0.1, -0.05) is 0 Å². The van der Waals surface area contributed by atoms with Crippen LogP contribution in [-0.2, 0) is 14.3 Å². The van der Waals surface area contributed by atoms with Crippen LogP contribution in [0, 0.1) is 17.2 Å². The average Bonchev–Trinajstić information content (AvgIpc) is 2.11. The summed E-state index contributed by atoms with van der Waals surface area (Å²) in [7, 11) is 0. The minimum atomic E-state index is -0.363. The van der Waals surface area contributed by atoms with Gasteiger partial charge in [-0.05, 0) is 6.92 Å². The molecular formula is C8H10N2O3. The molecule has 0 bridgehead atoms. The molecule has 13 heavy (non-hydrogen) atoms. The molecule has 0 aromatic carbocycles. The van der Waals surface area contributed by atoms with E-state index in [9.17, 15) is 9.59 Å². The van der Waals surface area contributed by atoms with E-state index < -0.39 is 0 Å². The number of carbonyl (C=O) groups is 2. The van der Waals surface area contributed by atoms with Crippen molar-refractivity contribution in [3.05, 3.63) is 0 Å². The lowest BCUT2D eigenvalue weighted by molar-refractivity contribution is -0.158. The molecule has 0 N–H and O–H groups in total. The Hall–Kier alpha value is -1.41. The zero-order chi connectivity index (χ0) is 9.84. The molecule has 1 unspecified atom stereocenters. The first-order valence-electron chi connectivity index (χ1n) is 3.95. The van der Waals surface area contributed by atoms with Gasteiger partial charge in [-0.3, -0.25) is 14.5 Å². The van der Waals surface area contributed by atoms with Crippen molar-refractivity contribution < 1.29 is 14.3 Å². The van der Waals surface area contributed by atoms with Gasteiger partial charge >= 0.3 is 0 Å². The number of rotatable bonds is 2. The predicted molar refractivity (Wildman–Crippen MR) is 42.3 cm³/mol. The third-order valence-electron chi connectivity index (χ3n) is 1.73. The van der Waals surface area contributed by atoms with Crippen LogP contribution < -0.4 is 0 Å². The van der Waals surface area contributed by atoms with Gasteiger partial charge in [-0.15, -0.1) is 0 Å². The summed E-state index contributed by atoms with van der Waals surface area (Å²) < 4.78 is 4.72. The molecule has 2 amide bonds. The van der Waals surface area contributed by atoms with Crippen LogP contribution in [-0.4, -0.2) is 36.5 Å². The van der Waals surface area contributed by atoms with E-state index in [0.717, 1.165) is 4.90 Å². The summed E-state index contributed by atoms with van der Waals surface area (Å²) in [5.74, 6) is -1.05. The van der Waals surface area contributed by atoms with Crippen LogP contribution in [0.4, 0.5) is 0 Å². The number of nitriles is 1. The topological polar surface area (TPSA) is 70.4 Å². The molecule has 0 aliphatic carbocycles. The van der Waals surface area contributed by atoms with Gasteiger partial charge in [0.05, 0.1) is 12.0 Å². The second-order valence-electron chi connectivity index (χ2n) is 2.92. The number of nitrogens with zero attached hydrogens (tertiary/aromatic N) is 2.